The van der Waals surface area contributed by atoms with E-state index in [0.29, 0.717) is 18.9 Å². The summed E-state index contributed by atoms with van der Waals surface area (Å²) < 4.78 is 0. The maximum atomic E-state index is 11.4. The lowest BCUT2D eigenvalue weighted by Crippen LogP contribution is -2.37. The highest BCUT2D eigenvalue weighted by molar-refractivity contribution is 5.76. The molecule has 0 aliphatic heterocycles. The first kappa shape index (κ1) is 11.5. The molecule has 0 aromatic heterocycles. The summed E-state index contributed by atoms with van der Waals surface area (Å²) in [5.41, 5.74) is -0.199. The minimum absolute atomic E-state index is 0.108. The Kier molecular flexibility index (Phi) is 3.93. The van der Waals surface area contributed by atoms with Crippen LogP contribution >= 0.6 is 0 Å². The number of nitrogens with one attached hydrogen (secondary N) is 1. The van der Waals surface area contributed by atoms with Crippen molar-refractivity contribution in [3.63, 3.8) is 0 Å². The van der Waals surface area contributed by atoms with Crippen molar-refractivity contribution >= 4 is 5.91 Å². The first-order valence-electron chi connectivity index (χ1n) is 5.41. The van der Waals surface area contributed by atoms with E-state index in [9.17, 15) is 4.79 Å². The zero-order valence-electron chi connectivity index (χ0n) is 9.18. The van der Waals surface area contributed by atoms with E-state index < -0.39 is 0 Å². The van der Waals surface area contributed by atoms with Crippen LogP contribution in [0.25, 0.3) is 0 Å². The molecule has 82 valence electrons. The highest BCUT2D eigenvalue weighted by atomic mass is 16.3. The van der Waals surface area contributed by atoms with Gasteiger partial charge in [0.05, 0.1) is 0 Å². The number of hydrogen-bond donors (Lipinski definition) is 2. The van der Waals surface area contributed by atoms with Crippen LogP contribution in [0, 0.1) is 11.3 Å². The Bertz CT molecular complexity index is 197. The van der Waals surface area contributed by atoms with Gasteiger partial charge in [-0.15, -0.1) is 0 Å². The van der Waals surface area contributed by atoms with Crippen molar-refractivity contribution in [3.05, 3.63) is 0 Å². The van der Waals surface area contributed by atoms with Crippen molar-refractivity contribution in [1.82, 2.24) is 5.32 Å². The summed E-state index contributed by atoms with van der Waals surface area (Å²) in [5, 5.41) is 11.9. The number of carbonyl (C=O) groups is 1. The number of rotatable bonds is 5. The Labute approximate surface area is 85.9 Å². The molecule has 3 nitrogen and oxygen atoms in total. The van der Waals surface area contributed by atoms with E-state index in [1.54, 1.807) is 0 Å². The van der Waals surface area contributed by atoms with Crippen LogP contribution in [0.1, 0.15) is 39.5 Å². The normalized spacial score (nSPS) is 17.6. The number of hydrogen-bond acceptors (Lipinski definition) is 2. The van der Waals surface area contributed by atoms with E-state index >= 15 is 0 Å². The molecule has 0 heterocycles. The molecule has 0 unspecified atom stereocenters. The van der Waals surface area contributed by atoms with Crippen molar-refractivity contribution in [3.8, 4) is 0 Å². The summed E-state index contributed by atoms with van der Waals surface area (Å²) in [6.45, 7) is 4.55. The monoisotopic (exact) mass is 199 g/mol. The lowest BCUT2D eigenvalue weighted by Gasteiger charge is -2.26. The van der Waals surface area contributed by atoms with Gasteiger partial charge in [0.25, 0.3) is 0 Å². The predicted molar refractivity (Wildman–Crippen MR) is 55.8 cm³/mol. The van der Waals surface area contributed by atoms with Crippen molar-refractivity contribution < 1.29 is 9.90 Å². The Morgan fingerprint density at radius 2 is 2.14 bits per heavy atom. The second-order valence-corrected chi connectivity index (χ2v) is 5.10. The zero-order valence-corrected chi connectivity index (χ0v) is 9.18. The van der Waals surface area contributed by atoms with Gasteiger partial charge in [-0.3, -0.25) is 4.79 Å². The quantitative estimate of drug-likeness (QED) is 0.701. The van der Waals surface area contributed by atoms with Gasteiger partial charge in [-0.05, 0) is 18.8 Å². The van der Waals surface area contributed by atoms with Crippen LogP contribution in [0.4, 0.5) is 0 Å². The summed E-state index contributed by atoms with van der Waals surface area (Å²) in [4.78, 5) is 11.4. The third-order valence-electron chi connectivity index (χ3n) is 2.89. The molecule has 0 atom stereocenters. The van der Waals surface area contributed by atoms with E-state index in [-0.39, 0.29) is 17.9 Å². The van der Waals surface area contributed by atoms with Crippen molar-refractivity contribution in [2.24, 2.45) is 11.3 Å². The summed E-state index contributed by atoms with van der Waals surface area (Å²) in [7, 11) is 0. The third-order valence-corrected chi connectivity index (χ3v) is 2.89. The van der Waals surface area contributed by atoms with Gasteiger partial charge >= 0.3 is 0 Å². The second kappa shape index (κ2) is 4.78. The van der Waals surface area contributed by atoms with Crippen LogP contribution in [0.3, 0.4) is 0 Å². The number of amides is 1. The van der Waals surface area contributed by atoms with Gasteiger partial charge in [-0.2, -0.15) is 0 Å². The minimum atomic E-state index is -0.199. The van der Waals surface area contributed by atoms with Crippen molar-refractivity contribution in [2.45, 2.75) is 39.5 Å². The molecule has 14 heavy (non-hydrogen) atoms. The van der Waals surface area contributed by atoms with E-state index in [0.717, 1.165) is 0 Å². The van der Waals surface area contributed by atoms with E-state index in [1.807, 2.05) is 13.8 Å². The Balaban J connectivity index is 2.13. The first-order valence-corrected chi connectivity index (χ1v) is 5.41. The van der Waals surface area contributed by atoms with Crippen LogP contribution in [0.5, 0.6) is 0 Å². The van der Waals surface area contributed by atoms with E-state index in [2.05, 4.69) is 5.32 Å². The number of aliphatic hydroxyl groups is 1. The maximum Gasteiger partial charge on any atom is 0.220 e. The van der Waals surface area contributed by atoms with E-state index in [4.69, 9.17) is 5.11 Å². The molecule has 0 spiro atoms. The third kappa shape index (κ3) is 3.66. The van der Waals surface area contributed by atoms with Gasteiger partial charge in [0.15, 0.2) is 0 Å². The number of carbonyl (C=O) groups excluding carboxylic acids is 1. The molecule has 0 aromatic carbocycles. The van der Waals surface area contributed by atoms with Gasteiger partial charge in [-0.25, -0.2) is 0 Å². The predicted octanol–water partition coefficient (Wildman–Crippen LogP) is 1.31. The zero-order chi connectivity index (χ0) is 10.6. The van der Waals surface area contributed by atoms with Crippen LogP contribution in [0.15, 0.2) is 0 Å². The average molecular weight is 199 g/mol. The number of aliphatic hydroxyl groups excluding tert-OH is 1. The molecule has 1 fully saturated rings. The molecule has 0 aromatic rings. The fraction of sp³-hybridized carbons (Fsp3) is 0.909. The van der Waals surface area contributed by atoms with Gasteiger partial charge in [-0.1, -0.05) is 20.3 Å². The van der Waals surface area contributed by atoms with Gasteiger partial charge in [0.2, 0.25) is 5.91 Å². The molecule has 1 aliphatic rings. The lowest BCUT2D eigenvalue weighted by molar-refractivity contribution is -0.123. The smallest absolute Gasteiger partial charge is 0.220 e. The SMILES string of the molecule is CC(C)(CO)CNC(=O)CC1CCC1. The lowest BCUT2D eigenvalue weighted by atomic mass is 9.83. The average Bonchev–Trinajstić information content (AvgIpc) is 2.08. The summed E-state index contributed by atoms with van der Waals surface area (Å²) >= 11 is 0. The Morgan fingerprint density at radius 1 is 1.50 bits per heavy atom. The fourth-order valence-corrected chi connectivity index (χ4v) is 1.43. The molecule has 0 saturated heterocycles. The van der Waals surface area contributed by atoms with Gasteiger partial charge in [0, 0.05) is 25.0 Å². The highest BCUT2D eigenvalue weighted by Crippen LogP contribution is 2.29. The van der Waals surface area contributed by atoms with Crippen LogP contribution in [0.2, 0.25) is 0 Å². The standard InChI is InChI=1S/C11H21NO2/c1-11(2,8-13)7-12-10(14)6-9-4-3-5-9/h9,13H,3-8H2,1-2H3,(H,12,14). The van der Waals surface area contributed by atoms with Gasteiger partial charge < -0.3 is 10.4 Å². The molecular weight excluding hydrogens is 178 g/mol. The fourth-order valence-electron chi connectivity index (χ4n) is 1.43. The molecule has 3 heteroatoms. The highest BCUT2D eigenvalue weighted by Gasteiger charge is 2.22. The summed E-state index contributed by atoms with van der Waals surface area (Å²) in [6, 6.07) is 0. The van der Waals surface area contributed by atoms with Crippen LogP contribution < -0.4 is 5.32 Å². The molecule has 2 N–H and O–H groups in total. The second-order valence-electron chi connectivity index (χ2n) is 5.10. The molecule has 1 aliphatic carbocycles. The molecule has 1 rings (SSSR count). The molecule has 0 radical (unpaired) electrons. The molecule has 0 bridgehead atoms. The Morgan fingerprint density at radius 3 is 2.57 bits per heavy atom. The largest absolute Gasteiger partial charge is 0.396 e. The molecule has 1 amide bonds. The maximum absolute atomic E-state index is 11.4. The molecular formula is C11H21NO2. The van der Waals surface area contributed by atoms with Crippen molar-refractivity contribution in [2.75, 3.05) is 13.2 Å². The minimum Gasteiger partial charge on any atom is -0.396 e. The van der Waals surface area contributed by atoms with Crippen LogP contribution in [-0.4, -0.2) is 24.2 Å². The Hall–Kier alpha value is -0.570. The van der Waals surface area contributed by atoms with Crippen molar-refractivity contribution in [1.29, 1.82) is 0 Å². The summed E-state index contributed by atoms with van der Waals surface area (Å²) in [5.74, 6) is 0.753. The van der Waals surface area contributed by atoms with E-state index in [1.165, 1.54) is 19.3 Å². The first-order chi connectivity index (χ1) is 6.53. The van der Waals surface area contributed by atoms with Crippen LogP contribution in [-0.2, 0) is 4.79 Å². The topological polar surface area (TPSA) is 49.3 Å². The molecule has 1 saturated carbocycles. The summed E-state index contributed by atoms with van der Waals surface area (Å²) in [6.07, 6.45) is 4.36. The van der Waals surface area contributed by atoms with Gasteiger partial charge in [0.1, 0.15) is 0 Å².